The van der Waals surface area contributed by atoms with Crippen molar-refractivity contribution < 1.29 is 23.8 Å². The second-order valence-electron chi connectivity index (χ2n) is 9.32. The fraction of sp³-hybridized carbons (Fsp3) is 0.667. The number of carbonyl (C=O) groups excluding carboxylic acids is 2. The predicted octanol–water partition coefficient (Wildman–Crippen LogP) is 2.32. The smallest absolute Gasteiger partial charge is 0.253 e. The second kappa shape index (κ2) is 10.2. The molecule has 4 rings (SSSR count). The van der Waals surface area contributed by atoms with E-state index in [1.54, 1.807) is 11.0 Å². The number of hydrogen-bond donors (Lipinski definition) is 2. The highest BCUT2D eigenvalue weighted by Gasteiger charge is 2.41. The van der Waals surface area contributed by atoms with E-state index < -0.39 is 11.9 Å². The molecule has 8 heteroatoms. The van der Waals surface area contributed by atoms with Gasteiger partial charge in [0, 0.05) is 37.3 Å². The van der Waals surface area contributed by atoms with Gasteiger partial charge in [-0.2, -0.15) is 0 Å². The summed E-state index contributed by atoms with van der Waals surface area (Å²) in [5.41, 5.74) is 0.308. The minimum atomic E-state index is -0.550. The van der Waals surface area contributed by atoms with Gasteiger partial charge in [0.15, 0.2) is 11.6 Å². The van der Waals surface area contributed by atoms with E-state index in [-0.39, 0.29) is 35.7 Å². The van der Waals surface area contributed by atoms with E-state index in [9.17, 15) is 19.1 Å². The van der Waals surface area contributed by atoms with Crippen LogP contribution < -0.4 is 10.1 Å². The zero-order valence-electron chi connectivity index (χ0n) is 18.8. The van der Waals surface area contributed by atoms with Crippen LogP contribution in [0.1, 0.15) is 61.7 Å². The number of benzene rings is 1. The zero-order chi connectivity index (χ0) is 22.7. The summed E-state index contributed by atoms with van der Waals surface area (Å²) in [7, 11) is 1.39. The highest BCUT2D eigenvalue weighted by Crippen LogP contribution is 2.28. The van der Waals surface area contributed by atoms with Crippen LogP contribution in [-0.2, 0) is 4.79 Å². The number of nitrogens with zero attached hydrogens (tertiary/aromatic N) is 2. The number of rotatable bonds is 5. The lowest BCUT2D eigenvalue weighted by atomic mass is 9.95. The molecule has 2 N–H and O–H groups in total. The third-order valence-electron chi connectivity index (χ3n) is 7.19. The van der Waals surface area contributed by atoms with Crippen LogP contribution in [-0.4, -0.2) is 77.7 Å². The summed E-state index contributed by atoms with van der Waals surface area (Å²) in [6, 6.07) is 4.35. The van der Waals surface area contributed by atoms with Gasteiger partial charge in [0.25, 0.3) is 5.91 Å². The first-order chi connectivity index (χ1) is 15.5. The highest BCUT2D eigenvalue weighted by molar-refractivity contribution is 5.94. The molecular weight excluding hydrogens is 413 g/mol. The molecule has 2 saturated heterocycles. The average Bonchev–Trinajstić information content (AvgIpc) is 3.21. The van der Waals surface area contributed by atoms with Crippen molar-refractivity contribution in [3.05, 3.63) is 29.6 Å². The van der Waals surface area contributed by atoms with E-state index >= 15 is 0 Å². The molecule has 176 valence electrons. The van der Waals surface area contributed by atoms with Crippen molar-refractivity contribution in [2.24, 2.45) is 0 Å². The Balaban J connectivity index is 1.34. The molecule has 2 aliphatic heterocycles. The molecule has 1 aromatic carbocycles. The largest absolute Gasteiger partial charge is 0.494 e. The van der Waals surface area contributed by atoms with Crippen LogP contribution in [0.2, 0.25) is 0 Å². The van der Waals surface area contributed by atoms with E-state index in [4.69, 9.17) is 4.74 Å². The Morgan fingerprint density at radius 3 is 2.50 bits per heavy atom. The summed E-state index contributed by atoms with van der Waals surface area (Å²) in [5, 5.41) is 13.5. The van der Waals surface area contributed by atoms with Gasteiger partial charge < -0.3 is 20.1 Å². The molecule has 0 bridgehead atoms. The number of ether oxygens (including phenoxy) is 1. The molecule has 2 heterocycles. The normalized spacial score (nSPS) is 25.7. The summed E-state index contributed by atoms with van der Waals surface area (Å²) in [6.07, 6.45) is 7.04. The summed E-state index contributed by atoms with van der Waals surface area (Å²) < 4.78 is 18.9. The van der Waals surface area contributed by atoms with Crippen LogP contribution in [0.5, 0.6) is 5.75 Å². The number of nitrogens with one attached hydrogen (secondary N) is 1. The number of carbonyl (C=O) groups is 2. The minimum absolute atomic E-state index is 0.0284. The molecule has 3 fully saturated rings. The molecule has 1 aliphatic carbocycles. The first kappa shape index (κ1) is 23.0. The lowest BCUT2D eigenvalue weighted by Crippen LogP contribution is -2.53. The van der Waals surface area contributed by atoms with Crippen LogP contribution in [0.15, 0.2) is 18.2 Å². The van der Waals surface area contributed by atoms with Gasteiger partial charge in [0.05, 0.1) is 19.3 Å². The molecule has 7 nitrogen and oxygen atoms in total. The Bertz CT molecular complexity index is 821. The standard InChI is InChI=1S/C24H34FN3O4/c1-32-22-8-7-16(13-20(22)25)24(31)27-11-9-18(10-12-27)28-15-19(29)14-21(28)23(30)26-17-5-3-2-4-6-17/h7-8,13,17-19,21,29H,2-6,9-12,14-15H2,1H3,(H,26,30)/t19-,21+/m1/s1. The van der Waals surface area contributed by atoms with E-state index in [1.165, 1.54) is 25.7 Å². The Morgan fingerprint density at radius 1 is 1.12 bits per heavy atom. The Labute approximate surface area is 188 Å². The summed E-state index contributed by atoms with van der Waals surface area (Å²) in [6.45, 7) is 1.58. The molecule has 32 heavy (non-hydrogen) atoms. The van der Waals surface area contributed by atoms with E-state index in [0.717, 1.165) is 38.5 Å². The summed E-state index contributed by atoms with van der Waals surface area (Å²) >= 11 is 0. The van der Waals surface area contributed by atoms with Crippen molar-refractivity contribution >= 4 is 11.8 Å². The van der Waals surface area contributed by atoms with Gasteiger partial charge in [-0.3, -0.25) is 14.5 Å². The van der Waals surface area contributed by atoms with Crippen LogP contribution >= 0.6 is 0 Å². The quantitative estimate of drug-likeness (QED) is 0.724. The maximum Gasteiger partial charge on any atom is 0.253 e. The van der Waals surface area contributed by atoms with E-state index in [0.29, 0.717) is 31.6 Å². The van der Waals surface area contributed by atoms with Gasteiger partial charge in [0.1, 0.15) is 0 Å². The number of β-amino-alcohol motifs (C(OH)–C–C–N with tert-alkyl or cyclic N) is 1. The lowest BCUT2D eigenvalue weighted by molar-refractivity contribution is -0.127. The number of hydrogen-bond acceptors (Lipinski definition) is 5. The molecular formula is C24H34FN3O4. The molecule has 2 amide bonds. The number of halogens is 1. The van der Waals surface area contributed by atoms with Crippen LogP contribution in [0, 0.1) is 5.82 Å². The van der Waals surface area contributed by atoms with Gasteiger partial charge in [-0.15, -0.1) is 0 Å². The number of aliphatic hydroxyl groups excluding tert-OH is 1. The highest BCUT2D eigenvalue weighted by atomic mass is 19.1. The number of methoxy groups -OCH3 is 1. The third-order valence-corrected chi connectivity index (χ3v) is 7.19. The molecule has 0 radical (unpaired) electrons. The second-order valence-corrected chi connectivity index (χ2v) is 9.32. The average molecular weight is 448 g/mol. The molecule has 0 spiro atoms. The predicted molar refractivity (Wildman–Crippen MR) is 118 cm³/mol. The SMILES string of the molecule is COc1ccc(C(=O)N2CCC(N3C[C@H](O)C[C@H]3C(=O)NC3CCCCC3)CC2)cc1F. The molecule has 2 atom stereocenters. The fourth-order valence-corrected chi connectivity index (χ4v) is 5.43. The van der Waals surface area contributed by atoms with E-state index in [2.05, 4.69) is 10.2 Å². The number of likely N-dealkylation sites (tertiary alicyclic amines) is 2. The van der Waals surface area contributed by atoms with Crippen molar-refractivity contribution in [3.63, 3.8) is 0 Å². The first-order valence-electron chi connectivity index (χ1n) is 11.8. The van der Waals surface area contributed by atoms with Crippen molar-refractivity contribution in [3.8, 4) is 5.75 Å². The fourth-order valence-electron chi connectivity index (χ4n) is 5.43. The maximum absolute atomic E-state index is 14.0. The molecule has 0 unspecified atom stereocenters. The molecule has 1 aromatic rings. The van der Waals surface area contributed by atoms with Crippen LogP contribution in [0.3, 0.4) is 0 Å². The van der Waals surface area contributed by atoms with E-state index in [1.807, 2.05) is 0 Å². The topological polar surface area (TPSA) is 82.1 Å². The Morgan fingerprint density at radius 2 is 1.84 bits per heavy atom. The zero-order valence-corrected chi connectivity index (χ0v) is 18.8. The van der Waals surface area contributed by atoms with Crippen LogP contribution in [0.25, 0.3) is 0 Å². The molecule has 1 saturated carbocycles. The van der Waals surface area contributed by atoms with Gasteiger partial charge in [-0.25, -0.2) is 4.39 Å². The Hall–Kier alpha value is -2.19. The van der Waals surface area contributed by atoms with Crippen molar-refractivity contribution in [2.75, 3.05) is 26.7 Å². The minimum Gasteiger partial charge on any atom is -0.494 e. The van der Waals surface area contributed by atoms with Gasteiger partial charge in [-0.05, 0) is 50.3 Å². The third kappa shape index (κ3) is 5.07. The first-order valence-corrected chi connectivity index (χ1v) is 11.8. The number of piperidine rings is 1. The maximum atomic E-state index is 14.0. The van der Waals surface area contributed by atoms with Crippen LogP contribution in [0.4, 0.5) is 4.39 Å². The number of aliphatic hydroxyl groups is 1. The summed E-state index contributed by atoms with van der Waals surface area (Å²) in [4.78, 5) is 29.7. The van der Waals surface area contributed by atoms with Gasteiger partial charge >= 0.3 is 0 Å². The number of amides is 2. The van der Waals surface area contributed by atoms with Crippen molar-refractivity contribution in [1.82, 2.24) is 15.1 Å². The lowest BCUT2D eigenvalue weighted by Gasteiger charge is -2.39. The monoisotopic (exact) mass is 447 g/mol. The van der Waals surface area contributed by atoms with Crippen molar-refractivity contribution in [1.29, 1.82) is 0 Å². The van der Waals surface area contributed by atoms with Gasteiger partial charge in [-0.1, -0.05) is 19.3 Å². The summed E-state index contributed by atoms with van der Waals surface area (Å²) in [5.74, 6) is -0.602. The van der Waals surface area contributed by atoms with Crippen molar-refractivity contribution in [2.45, 2.75) is 75.6 Å². The molecule has 3 aliphatic rings. The molecule has 0 aromatic heterocycles. The van der Waals surface area contributed by atoms with Gasteiger partial charge in [0.2, 0.25) is 5.91 Å². The Kier molecular flexibility index (Phi) is 7.30.